The van der Waals surface area contributed by atoms with Gasteiger partial charge in [0.05, 0.1) is 23.7 Å². The summed E-state index contributed by atoms with van der Waals surface area (Å²) in [6.07, 6.45) is 1.78. The number of thioether (sulfide) groups is 1. The van der Waals surface area contributed by atoms with Crippen LogP contribution in [-0.4, -0.2) is 58.9 Å². The van der Waals surface area contributed by atoms with E-state index in [2.05, 4.69) is 28.8 Å². The van der Waals surface area contributed by atoms with E-state index >= 15 is 0 Å². The first kappa shape index (κ1) is 35.3. The van der Waals surface area contributed by atoms with Gasteiger partial charge >= 0.3 is 0 Å². The third-order valence-corrected chi connectivity index (χ3v) is 10.0. The molecule has 264 valence electrons. The highest BCUT2D eigenvalue weighted by molar-refractivity contribution is 8.18. The number of hydrogen-bond donors (Lipinski definition) is 2. The van der Waals surface area contributed by atoms with Gasteiger partial charge in [-0.25, -0.2) is 0 Å². The molecule has 2 heterocycles. The Kier molecular flexibility index (Phi) is 10.7. The molecule has 2 saturated heterocycles. The third-order valence-electron chi connectivity index (χ3n) is 9.23. The topological polar surface area (TPSA) is 122 Å². The molecule has 4 amide bonds. The van der Waals surface area contributed by atoms with Gasteiger partial charge in [-0.2, -0.15) is 0 Å². The number of nitrogens with one attached hydrogen (secondary N) is 2. The molecule has 2 atom stereocenters. The Hall–Kier alpha value is -6.10. The number of likely N-dealkylation sites (tertiary alicyclic amines) is 1. The zero-order chi connectivity index (χ0) is 36.7. The molecule has 9 nitrogen and oxygen atoms in total. The minimum absolute atomic E-state index is 0.176. The normalized spacial score (nSPS) is 17.5. The molecule has 2 fully saturated rings. The van der Waals surface area contributed by atoms with Gasteiger partial charge in [-0.05, 0) is 70.8 Å². The SMILES string of the molecule is O=C1NC(=O)/C(=C/c2ccc(C(=O)NC[C@@H]3C[C@@H](OCc4ccccc4-c4ccccc4)CN3C(=O)c3cccc(C(=O)c4ccccc4)c3)cc2)S1. The summed E-state index contributed by atoms with van der Waals surface area (Å²) in [6.45, 7) is 0.828. The van der Waals surface area contributed by atoms with Crippen LogP contribution >= 0.6 is 11.8 Å². The van der Waals surface area contributed by atoms with Crippen LogP contribution in [0.15, 0.2) is 138 Å². The van der Waals surface area contributed by atoms with Gasteiger partial charge in [0.2, 0.25) is 0 Å². The Morgan fingerprint density at radius 3 is 2.19 bits per heavy atom. The molecular weight excluding hydrogens is 687 g/mol. The van der Waals surface area contributed by atoms with Gasteiger partial charge in [0.15, 0.2) is 5.78 Å². The number of ether oxygens (including phenoxy) is 1. The summed E-state index contributed by atoms with van der Waals surface area (Å²) in [5.41, 5.74) is 5.58. The summed E-state index contributed by atoms with van der Waals surface area (Å²) in [7, 11) is 0. The predicted molar refractivity (Wildman–Crippen MR) is 204 cm³/mol. The lowest BCUT2D eigenvalue weighted by molar-refractivity contribution is -0.115. The number of imide groups is 1. The molecule has 2 N–H and O–H groups in total. The summed E-state index contributed by atoms with van der Waals surface area (Å²) >= 11 is 0.828. The molecule has 2 aliphatic rings. The first-order valence-corrected chi connectivity index (χ1v) is 18.0. The molecule has 2 aliphatic heterocycles. The summed E-state index contributed by atoms with van der Waals surface area (Å²) in [4.78, 5) is 66.1. The van der Waals surface area contributed by atoms with E-state index in [0.717, 1.165) is 28.5 Å². The molecule has 0 saturated carbocycles. The average molecular weight is 722 g/mol. The summed E-state index contributed by atoms with van der Waals surface area (Å²) in [5.74, 6) is -1.21. The van der Waals surface area contributed by atoms with E-state index in [0.29, 0.717) is 47.4 Å². The van der Waals surface area contributed by atoms with Crippen LogP contribution in [0.25, 0.3) is 17.2 Å². The molecule has 5 aromatic carbocycles. The predicted octanol–water partition coefficient (Wildman–Crippen LogP) is 7.14. The highest BCUT2D eigenvalue weighted by atomic mass is 32.2. The van der Waals surface area contributed by atoms with Crippen LogP contribution < -0.4 is 10.6 Å². The number of rotatable bonds is 11. The Bertz CT molecular complexity index is 2200. The van der Waals surface area contributed by atoms with Crippen molar-refractivity contribution in [2.24, 2.45) is 0 Å². The number of benzene rings is 5. The molecule has 10 heteroatoms. The zero-order valence-electron chi connectivity index (χ0n) is 28.6. The Balaban J connectivity index is 1.07. The van der Waals surface area contributed by atoms with Crippen molar-refractivity contribution in [3.63, 3.8) is 0 Å². The summed E-state index contributed by atoms with van der Waals surface area (Å²) in [6, 6.07) is 40.1. The number of hydrogen-bond acceptors (Lipinski definition) is 7. The third kappa shape index (κ3) is 8.35. The van der Waals surface area contributed by atoms with Crippen LogP contribution in [0.5, 0.6) is 0 Å². The van der Waals surface area contributed by atoms with Crippen LogP contribution in [0.4, 0.5) is 4.79 Å². The largest absolute Gasteiger partial charge is 0.372 e. The first-order chi connectivity index (χ1) is 25.8. The van der Waals surface area contributed by atoms with Gasteiger partial charge in [-0.3, -0.25) is 29.3 Å². The fraction of sp³-hybridized carbons (Fsp3) is 0.140. The van der Waals surface area contributed by atoms with Crippen molar-refractivity contribution in [1.29, 1.82) is 0 Å². The lowest BCUT2D eigenvalue weighted by Crippen LogP contribution is -2.43. The number of nitrogens with zero attached hydrogens (tertiary/aromatic N) is 1. The maximum atomic E-state index is 14.2. The number of carbonyl (C=O) groups is 5. The lowest BCUT2D eigenvalue weighted by Gasteiger charge is -2.25. The van der Waals surface area contributed by atoms with E-state index in [4.69, 9.17) is 4.74 Å². The summed E-state index contributed by atoms with van der Waals surface area (Å²) < 4.78 is 6.47. The van der Waals surface area contributed by atoms with Gasteiger partial charge in [0.25, 0.3) is 23.0 Å². The van der Waals surface area contributed by atoms with Crippen molar-refractivity contribution in [2.45, 2.75) is 25.2 Å². The number of carbonyl (C=O) groups excluding carboxylic acids is 5. The fourth-order valence-electron chi connectivity index (χ4n) is 6.52. The quantitative estimate of drug-likeness (QED) is 0.110. The van der Waals surface area contributed by atoms with Gasteiger partial charge < -0.3 is 15.0 Å². The Morgan fingerprint density at radius 1 is 0.774 bits per heavy atom. The minimum atomic E-state index is -0.449. The van der Waals surface area contributed by atoms with Crippen LogP contribution in [0.2, 0.25) is 0 Å². The van der Waals surface area contributed by atoms with Gasteiger partial charge in [0, 0.05) is 35.3 Å². The van der Waals surface area contributed by atoms with E-state index in [1.54, 1.807) is 83.8 Å². The average Bonchev–Trinajstić information content (AvgIpc) is 3.77. The van der Waals surface area contributed by atoms with Crippen molar-refractivity contribution in [3.8, 4) is 11.1 Å². The molecular formula is C43H35N3O6S. The monoisotopic (exact) mass is 721 g/mol. The molecule has 0 aromatic heterocycles. The standard InChI is InChI=1S/C43H35N3O6S/c47-39(30-12-5-2-6-13-30)32-15-9-16-33(23-32)42(50)46-26-36(52-27-34-14-7-8-17-37(34)29-10-3-1-4-11-29)24-35(46)25-44-40(48)31-20-18-28(19-21-31)22-38-41(49)45-43(51)53-38/h1-23,35-36H,24-27H2,(H,44,48)(H,45,49,51)/b38-22-/t35-,36+/m0/s1. The molecule has 0 radical (unpaired) electrons. The number of ketones is 1. The highest BCUT2D eigenvalue weighted by Gasteiger charge is 2.37. The van der Waals surface area contributed by atoms with Crippen molar-refractivity contribution >= 4 is 46.6 Å². The van der Waals surface area contributed by atoms with Crippen LogP contribution in [0, 0.1) is 0 Å². The van der Waals surface area contributed by atoms with E-state index < -0.39 is 11.1 Å². The second-order valence-corrected chi connectivity index (χ2v) is 13.8. The van der Waals surface area contributed by atoms with Crippen molar-refractivity contribution in [2.75, 3.05) is 13.1 Å². The molecule has 0 bridgehead atoms. The van der Waals surface area contributed by atoms with E-state index in [1.165, 1.54) is 0 Å². The maximum absolute atomic E-state index is 14.2. The molecule has 53 heavy (non-hydrogen) atoms. The second-order valence-electron chi connectivity index (χ2n) is 12.8. The minimum Gasteiger partial charge on any atom is -0.372 e. The van der Waals surface area contributed by atoms with Crippen LogP contribution in [0.3, 0.4) is 0 Å². The van der Waals surface area contributed by atoms with Gasteiger partial charge in [-0.15, -0.1) is 0 Å². The molecule has 0 spiro atoms. The van der Waals surface area contributed by atoms with Crippen LogP contribution in [-0.2, 0) is 16.1 Å². The van der Waals surface area contributed by atoms with Crippen molar-refractivity contribution < 1.29 is 28.7 Å². The Labute approximate surface area is 311 Å². The lowest BCUT2D eigenvalue weighted by atomic mass is 10.0. The van der Waals surface area contributed by atoms with E-state index in [9.17, 15) is 24.0 Å². The Morgan fingerprint density at radius 2 is 1.45 bits per heavy atom. The van der Waals surface area contributed by atoms with E-state index in [-0.39, 0.29) is 41.2 Å². The molecule has 5 aromatic rings. The van der Waals surface area contributed by atoms with Gasteiger partial charge in [-0.1, -0.05) is 109 Å². The zero-order valence-corrected chi connectivity index (χ0v) is 29.4. The fourth-order valence-corrected chi connectivity index (χ4v) is 7.20. The maximum Gasteiger partial charge on any atom is 0.290 e. The molecule has 0 aliphatic carbocycles. The van der Waals surface area contributed by atoms with Crippen molar-refractivity contribution in [3.05, 3.63) is 172 Å². The summed E-state index contributed by atoms with van der Waals surface area (Å²) in [5, 5.41) is 4.79. The highest BCUT2D eigenvalue weighted by Crippen LogP contribution is 2.29. The number of amides is 4. The smallest absolute Gasteiger partial charge is 0.290 e. The molecule has 7 rings (SSSR count). The van der Waals surface area contributed by atoms with Crippen molar-refractivity contribution in [1.82, 2.24) is 15.5 Å². The van der Waals surface area contributed by atoms with Crippen LogP contribution in [0.1, 0.15) is 54.2 Å². The van der Waals surface area contributed by atoms with E-state index in [1.807, 2.05) is 42.5 Å². The molecule has 0 unspecified atom stereocenters. The van der Waals surface area contributed by atoms with Gasteiger partial charge in [0.1, 0.15) is 0 Å². The first-order valence-electron chi connectivity index (χ1n) is 17.2. The second kappa shape index (κ2) is 16.1.